The van der Waals surface area contributed by atoms with E-state index >= 15 is 0 Å². The third kappa shape index (κ3) is 3.72. The normalized spacial score (nSPS) is 11.8. The molecule has 0 radical (unpaired) electrons. The molecule has 0 unspecified atom stereocenters. The lowest BCUT2D eigenvalue weighted by atomic mass is 10.1. The quantitative estimate of drug-likeness (QED) is 0.925. The second-order valence-corrected chi connectivity index (χ2v) is 6.29. The molecule has 102 valence electrons. The van der Waals surface area contributed by atoms with Crippen LogP contribution in [0.4, 0.5) is 0 Å². The highest BCUT2D eigenvalue weighted by molar-refractivity contribution is 6.31. The Balaban J connectivity index is 2.36. The van der Waals surface area contributed by atoms with E-state index in [0.29, 0.717) is 11.6 Å². The van der Waals surface area contributed by atoms with Gasteiger partial charge in [0.15, 0.2) is 0 Å². The molecule has 1 aromatic carbocycles. The molecule has 0 atom stereocenters. The third-order valence-electron chi connectivity index (χ3n) is 2.69. The van der Waals surface area contributed by atoms with Gasteiger partial charge in [-0.2, -0.15) is 5.10 Å². The molecule has 0 amide bonds. The summed E-state index contributed by atoms with van der Waals surface area (Å²) in [6.07, 6.45) is 3.39. The van der Waals surface area contributed by atoms with E-state index in [1.807, 2.05) is 18.2 Å². The van der Waals surface area contributed by atoms with Crippen LogP contribution in [0, 0.1) is 0 Å². The van der Waals surface area contributed by atoms with Crippen molar-refractivity contribution in [3.8, 4) is 5.69 Å². The number of hydrogen-bond acceptors (Lipinski definition) is 2. The van der Waals surface area contributed by atoms with Crippen LogP contribution >= 0.6 is 23.2 Å². The largest absolute Gasteiger partial charge is 0.308 e. The van der Waals surface area contributed by atoms with Gasteiger partial charge < -0.3 is 5.32 Å². The molecular weight excluding hydrogens is 281 g/mol. The summed E-state index contributed by atoms with van der Waals surface area (Å²) >= 11 is 12.2. The van der Waals surface area contributed by atoms with Crippen molar-refractivity contribution in [1.82, 2.24) is 15.1 Å². The molecule has 3 nitrogen and oxygen atoms in total. The first-order valence-corrected chi connectivity index (χ1v) is 6.85. The van der Waals surface area contributed by atoms with Gasteiger partial charge in [-0.05, 0) is 32.9 Å². The maximum Gasteiger partial charge on any atom is 0.0790 e. The van der Waals surface area contributed by atoms with Gasteiger partial charge in [0, 0.05) is 28.9 Å². The van der Waals surface area contributed by atoms with Gasteiger partial charge in [-0.3, -0.25) is 0 Å². The molecule has 0 aliphatic heterocycles. The molecule has 1 heterocycles. The zero-order valence-corrected chi connectivity index (χ0v) is 12.8. The Bertz CT molecular complexity index is 570. The summed E-state index contributed by atoms with van der Waals surface area (Å²) in [4.78, 5) is 0. The number of hydrogen-bond donors (Lipinski definition) is 1. The average molecular weight is 298 g/mol. The standard InChI is InChI=1S/C14H17Cl2N3/c1-14(2,3)17-8-11-12(16)5-4-6-13(11)19-9-10(15)7-18-19/h4-7,9,17H,8H2,1-3H3. The minimum absolute atomic E-state index is 0.0260. The minimum atomic E-state index is 0.0260. The van der Waals surface area contributed by atoms with Crippen molar-refractivity contribution in [3.05, 3.63) is 46.2 Å². The zero-order valence-electron chi connectivity index (χ0n) is 11.2. The molecule has 0 saturated carbocycles. The van der Waals surface area contributed by atoms with E-state index in [4.69, 9.17) is 23.2 Å². The zero-order chi connectivity index (χ0) is 14.0. The lowest BCUT2D eigenvalue weighted by Crippen LogP contribution is -2.35. The number of nitrogens with one attached hydrogen (secondary N) is 1. The lowest BCUT2D eigenvalue weighted by molar-refractivity contribution is 0.424. The van der Waals surface area contributed by atoms with Crippen LogP contribution in [0.2, 0.25) is 10.0 Å². The molecule has 2 rings (SSSR count). The fraction of sp³-hybridized carbons (Fsp3) is 0.357. The maximum absolute atomic E-state index is 6.30. The van der Waals surface area contributed by atoms with Crippen LogP contribution in [-0.4, -0.2) is 15.3 Å². The van der Waals surface area contributed by atoms with E-state index < -0.39 is 0 Å². The van der Waals surface area contributed by atoms with Crippen LogP contribution in [-0.2, 0) is 6.54 Å². The number of rotatable bonds is 3. The molecule has 0 bridgehead atoms. The second kappa shape index (κ2) is 5.53. The van der Waals surface area contributed by atoms with Gasteiger partial charge in [-0.15, -0.1) is 0 Å². The lowest BCUT2D eigenvalue weighted by Gasteiger charge is -2.22. The van der Waals surface area contributed by atoms with E-state index in [1.165, 1.54) is 0 Å². The topological polar surface area (TPSA) is 29.9 Å². The molecule has 2 aromatic rings. The predicted molar refractivity (Wildman–Crippen MR) is 80.2 cm³/mol. The molecule has 0 aliphatic carbocycles. The average Bonchev–Trinajstić information content (AvgIpc) is 2.72. The van der Waals surface area contributed by atoms with Gasteiger partial charge in [-0.25, -0.2) is 4.68 Å². The van der Waals surface area contributed by atoms with Crippen LogP contribution in [0.15, 0.2) is 30.6 Å². The highest BCUT2D eigenvalue weighted by atomic mass is 35.5. The molecule has 19 heavy (non-hydrogen) atoms. The van der Waals surface area contributed by atoms with E-state index in [1.54, 1.807) is 17.1 Å². The summed E-state index contributed by atoms with van der Waals surface area (Å²) in [6.45, 7) is 7.03. The van der Waals surface area contributed by atoms with Crippen LogP contribution in [0.1, 0.15) is 26.3 Å². The van der Waals surface area contributed by atoms with Gasteiger partial charge in [0.25, 0.3) is 0 Å². The summed E-state index contributed by atoms with van der Waals surface area (Å²) in [7, 11) is 0. The van der Waals surface area contributed by atoms with Gasteiger partial charge in [0.05, 0.1) is 16.9 Å². The maximum atomic E-state index is 6.30. The Labute approximate surface area is 123 Å². The van der Waals surface area contributed by atoms with Gasteiger partial charge >= 0.3 is 0 Å². The van der Waals surface area contributed by atoms with Crippen LogP contribution in [0.5, 0.6) is 0 Å². The summed E-state index contributed by atoms with van der Waals surface area (Å²) in [5.74, 6) is 0. The summed E-state index contributed by atoms with van der Waals surface area (Å²) < 4.78 is 1.74. The van der Waals surface area contributed by atoms with Gasteiger partial charge in [0.1, 0.15) is 0 Å². The molecule has 1 N–H and O–H groups in total. The van der Waals surface area contributed by atoms with E-state index in [2.05, 4.69) is 31.2 Å². The van der Waals surface area contributed by atoms with Crippen molar-refractivity contribution >= 4 is 23.2 Å². The number of halogens is 2. The van der Waals surface area contributed by atoms with Crippen LogP contribution in [0.3, 0.4) is 0 Å². The molecule has 5 heteroatoms. The summed E-state index contributed by atoms with van der Waals surface area (Å²) in [5, 5.41) is 9.00. The fourth-order valence-electron chi connectivity index (χ4n) is 1.72. The van der Waals surface area contributed by atoms with Crippen LogP contribution < -0.4 is 5.32 Å². The number of benzene rings is 1. The van der Waals surface area contributed by atoms with Crippen molar-refractivity contribution in [2.24, 2.45) is 0 Å². The summed E-state index contributed by atoms with van der Waals surface area (Å²) in [5.41, 5.74) is 1.98. The van der Waals surface area contributed by atoms with Crippen molar-refractivity contribution in [2.75, 3.05) is 0 Å². The first-order chi connectivity index (χ1) is 8.87. The van der Waals surface area contributed by atoms with Crippen molar-refractivity contribution in [2.45, 2.75) is 32.9 Å². The molecule has 0 saturated heterocycles. The number of aromatic nitrogens is 2. The fourth-order valence-corrected chi connectivity index (χ4v) is 2.10. The Morgan fingerprint density at radius 2 is 2.00 bits per heavy atom. The van der Waals surface area contributed by atoms with Gasteiger partial charge in [-0.1, -0.05) is 29.3 Å². The molecule has 0 spiro atoms. The van der Waals surface area contributed by atoms with Gasteiger partial charge in [0.2, 0.25) is 0 Å². The SMILES string of the molecule is CC(C)(C)NCc1c(Cl)cccc1-n1cc(Cl)cn1. The first kappa shape index (κ1) is 14.4. The monoisotopic (exact) mass is 297 g/mol. The van der Waals surface area contributed by atoms with E-state index in [0.717, 1.165) is 16.3 Å². The van der Waals surface area contributed by atoms with Crippen molar-refractivity contribution in [1.29, 1.82) is 0 Å². The van der Waals surface area contributed by atoms with Crippen LogP contribution in [0.25, 0.3) is 5.69 Å². The third-order valence-corrected chi connectivity index (χ3v) is 3.24. The van der Waals surface area contributed by atoms with Crippen molar-refractivity contribution < 1.29 is 0 Å². The molecule has 0 aliphatic rings. The van der Waals surface area contributed by atoms with Crippen molar-refractivity contribution in [3.63, 3.8) is 0 Å². The smallest absolute Gasteiger partial charge is 0.0790 e. The summed E-state index contributed by atoms with van der Waals surface area (Å²) in [6, 6.07) is 5.78. The second-order valence-electron chi connectivity index (χ2n) is 5.44. The van der Waals surface area contributed by atoms with E-state index in [-0.39, 0.29) is 5.54 Å². The Kier molecular flexibility index (Phi) is 4.19. The first-order valence-electron chi connectivity index (χ1n) is 6.10. The Hall–Kier alpha value is -1.03. The highest BCUT2D eigenvalue weighted by Gasteiger charge is 2.14. The molecular formula is C14H17Cl2N3. The number of nitrogens with zero attached hydrogens (tertiary/aromatic N) is 2. The highest BCUT2D eigenvalue weighted by Crippen LogP contribution is 2.24. The predicted octanol–water partition coefficient (Wildman–Crippen LogP) is 4.07. The van der Waals surface area contributed by atoms with E-state index in [9.17, 15) is 0 Å². The molecule has 0 fully saturated rings. The Morgan fingerprint density at radius 3 is 2.58 bits per heavy atom. The Morgan fingerprint density at radius 1 is 1.26 bits per heavy atom. The minimum Gasteiger partial charge on any atom is -0.308 e. The molecule has 1 aromatic heterocycles.